The second-order valence-electron chi connectivity index (χ2n) is 12.1. The molecule has 2 heterocycles. The van der Waals surface area contributed by atoms with Gasteiger partial charge in [-0.25, -0.2) is 0 Å². The van der Waals surface area contributed by atoms with Crippen molar-refractivity contribution in [2.75, 3.05) is 0 Å². The van der Waals surface area contributed by atoms with Gasteiger partial charge in [0.2, 0.25) is 0 Å². The van der Waals surface area contributed by atoms with Crippen LogP contribution in [0.25, 0.3) is 41.7 Å². The van der Waals surface area contributed by atoms with Gasteiger partial charge >= 0.3 is 0 Å². The topological polar surface area (TPSA) is 39.1 Å². The number of benzene rings is 3. The summed E-state index contributed by atoms with van der Waals surface area (Å²) in [7, 11) is 0. The third kappa shape index (κ3) is 7.58. The lowest BCUT2D eigenvalue weighted by molar-refractivity contribution is 0.517. The molecule has 3 nitrogen and oxygen atoms in total. The summed E-state index contributed by atoms with van der Waals surface area (Å²) in [5.74, 6) is 0. The molecule has 0 radical (unpaired) electrons. The Morgan fingerprint density at radius 2 is 1.09 bits per heavy atom. The zero-order valence-electron chi connectivity index (χ0n) is 25.2. The van der Waals surface area contributed by atoms with Crippen molar-refractivity contribution in [2.45, 2.75) is 116 Å². The zero-order chi connectivity index (χ0) is 30.3. The maximum Gasteiger partial charge on any atom is 0.261 e. The molecule has 0 saturated carbocycles. The Labute approximate surface area is 284 Å². The molecule has 0 aliphatic heterocycles. The van der Waals surface area contributed by atoms with Crippen LogP contribution >= 0.6 is 59.1 Å². The standard InChI is InChI=1S/C36H42Br3NO2S/c1-2-3-4-5-6-7-8-9-10-11-12-13-14-15-16-17-20-40-35(41)26-22-28(38)32-25-21-24(37)18-19-30(25)43-34-29(39)23-27(36(40)42)31(26)33(32)34/h18-19,21-23H,2-17,20H2,1H3. The van der Waals surface area contributed by atoms with Crippen molar-refractivity contribution in [3.63, 3.8) is 0 Å². The molecule has 230 valence electrons. The van der Waals surface area contributed by atoms with Gasteiger partial charge in [0, 0.05) is 57.0 Å². The number of halogens is 3. The van der Waals surface area contributed by atoms with Gasteiger partial charge in [-0.2, -0.15) is 0 Å². The van der Waals surface area contributed by atoms with Crippen LogP contribution in [-0.4, -0.2) is 4.57 Å². The van der Waals surface area contributed by atoms with E-state index >= 15 is 0 Å². The molecule has 0 atom stereocenters. The van der Waals surface area contributed by atoms with Gasteiger partial charge in [-0.15, -0.1) is 11.3 Å². The van der Waals surface area contributed by atoms with Crippen molar-refractivity contribution < 1.29 is 0 Å². The van der Waals surface area contributed by atoms with Crippen LogP contribution in [0.15, 0.2) is 53.3 Å². The van der Waals surface area contributed by atoms with E-state index in [0.29, 0.717) is 17.3 Å². The van der Waals surface area contributed by atoms with E-state index < -0.39 is 0 Å². The second-order valence-corrected chi connectivity index (χ2v) is 15.8. The number of nitrogens with zero attached hydrogens (tertiary/aromatic N) is 1. The Kier molecular flexibility index (Phi) is 12.2. The Morgan fingerprint density at radius 3 is 1.65 bits per heavy atom. The summed E-state index contributed by atoms with van der Waals surface area (Å²) in [5.41, 5.74) is -0.354. The molecule has 43 heavy (non-hydrogen) atoms. The first-order valence-corrected chi connectivity index (χ1v) is 19.4. The van der Waals surface area contributed by atoms with Gasteiger partial charge in [0.1, 0.15) is 0 Å². The summed E-state index contributed by atoms with van der Waals surface area (Å²) in [6, 6.07) is 10.1. The lowest BCUT2D eigenvalue weighted by atomic mass is 9.97. The minimum atomic E-state index is -0.177. The Balaban J connectivity index is 1.18. The molecular formula is C36H42Br3NO2S. The van der Waals surface area contributed by atoms with E-state index in [1.165, 1.54) is 88.0 Å². The number of pyridine rings is 1. The van der Waals surface area contributed by atoms with Crippen LogP contribution in [0.4, 0.5) is 0 Å². The molecule has 0 unspecified atom stereocenters. The minimum absolute atomic E-state index is 0.177. The van der Waals surface area contributed by atoms with Crippen molar-refractivity contribution in [3.05, 3.63) is 64.5 Å². The first-order valence-electron chi connectivity index (χ1n) is 16.2. The van der Waals surface area contributed by atoms with Gasteiger partial charge in [-0.1, -0.05) is 135 Å². The molecule has 0 N–H and O–H groups in total. The Hall–Kier alpha value is -1.28. The molecule has 0 saturated heterocycles. The van der Waals surface area contributed by atoms with E-state index in [4.69, 9.17) is 0 Å². The monoisotopic (exact) mass is 789 g/mol. The van der Waals surface area contributed by atoms with Gasteiger partial charge in [-0.05, 0) is 52.7 Å². The fraction of sp³-hybridized carbons (Fsp3) is 0.500. The first-order chi connectivity index (χ1) is 20.9. The van der Waals surface area contributed by atoms with Crippen molar-refractivity contribution in [1.29, 1.82) is 0 Å². The Bertz CT molecular complexity index is 1780. The Morgan fingerprint density at radius 1 is 0.581 bits per heavy atom. The molecule has 2 aromatic heterocycles. The van der Waals surface area contributed by atoms with Gasteiger partial charge in [0.15, 0.2) is 0 Å². The van der Waals surface area contributed by atoms with Crippen LogP contribution in [0.5, 0.6) is 0 Å². The molecule has 0 amide bonds. The van der Waals surface area contributed by atoms with Crippen molar-refractivity contribution in [1.82, 2.24) is 4.57 Å². The molecule has 0 fully saturated rings. The second kappa shape index (κ2) is 15.8. The van der Waals surface area contributed by atoms with E-state index in [1.54, 1.807) is 11.3 Å². The number of hydrogen-bond acceptors (Lipinski definition) is 3. The number of hydrogen-bond donors (Lipinski definition) is 0. The number of aromatic nitrogens is 1. The average molecular weight is 793 g/mol. The smallest absolute Gasteiger partial charge is 0.261 e. The summed E-state index contributed by atoms with van der Waals surface area (Å²) >= 11 is 12.9. The summed E-state index contributed by atoms with van der Waals surface area (Å²) < 4.78 is 6.45. The van der Waals surface area contributed by atoms with Crippen LogP contribution < -0.4 is 11.1 Å². The highest BCUT2D eigenvalue weighted by Crippen LogP contribution is 2.46. The normalized spacial score (nSPS) is 12.1. The van der Waals surface area contributed by atoms with E-state index in [0.717, 1.165) is 63.6 Å². The SMILES string of the molecule is CCCCCCCCCCCCCCCCCCn1c(=O)c2cc(Br)c3sc4ccc(Br)cc4c4c(Br)cc(c1=O)c2c34. The van der Waals surface area contributed by atoms with Crippen LogP contribution in [-0.2, 0) is 6.54 Å². The highest BCUT2D eigenvalue weighted by Gasteiger charge is 2.22. The molecule has 0 aliphatic rings. The van der Waals surface area contributed by atoms with Crippen molar-refractivity contribution in [2.24, 2.45) is 0 Å². The number of unbranched alkanes of at least 4 members (excludes halogenated alkanes) is 15. The highest BCUT2D eigenvalue weighted by molar-refractivity contribution is 9.11. The average Bonchev–Trinajstić information content (AvgIpc) is 2.99. The van der Waals surface area contributed by atoms with E-state index in [1.807, 2.05) is 18.2 Å². The minimum Gasteiger partial charge on any atom is -0.274 e. The third-order valence-electron chi connectivity index (χ3n) is 8.87. The van der Waals surface area contributed by atoms with Crippen LogP contribution in [0, 0.1) is 0 Å². The molecule has 5 rings (SSSR count). The number of rotatable bonds is 17. The maximum atomic E-state index is 13.7. The fourth-order valence-corrected chi connectivity index (χ4v) is 9.30. The molecule has 0 spiro atoms. The van der Waals surface area contributed by atoms with Crippen molar-refractivity contribution in [3.8, 4) is 0 Å². The van der Waals surface area contributed by atoms with E-state index in [2.05, 4.69) is 66.8 Å². The summed E-state index contributed by atoms with van der Waals surface area (Å²) in [6.07, 6.45) is 20.8. The molecule has 5 aromatic rings. The summed E-state index contributed by atoms with van der Waals surface area (Å²) in [5, 5.41) is 5.14. The highest BCUT2D eigenvalue weighted by atomic mass is 79.9. The van der Waals surface area contributed by atoms with Gasteiger partial charge in [0.05, 0.1) is 4.70 Å². The summed E-state index contributed by atoms with van der Waals surface area (Å²) in [6.45, 7) is 2.75. The van der Waals surface area contributed by atoms with E-state index in [-0.39, 0.29) is 11.1 Å². The maximum absolute atomic E-state index is 13.7. The lowest BCUT2D eigenvalue weighted by Gasteiger charge is -2.16. The first kappa shape index (κ1) is 33.1. The molecule has 0 aliphatic carbocycles. The number of fused-ring (bicyclic) bond motifs is 2. The van der Waals surface area contributed by atoms with Crippen LogP contribution in [0.3, 0.4) is 0 Å². The predicted molar refractivity (Wildman–Crippen MR) is 199 cm³/mol. The van der Waals surface area contributed by atoms with Gasteiger partial charge in [-0.3, -0.25) is 14.2 Å². The largest absolute Gasteiger partial charge is 0.274 e. The van der Waals surface area contributed by atoms with Gasteiger partial charge < -0.3 is 0 Å². The molecular weight excluding hydrogens is 750 g/mol. The van der Waals surface area contributed by atoms with E-state index in [9.17, 15) is 9.59 Å². The summed E-state index contributed by atoms with van der Waals surface area (Å²) in [4.78, 5) is 27.5. The quantitative estimate of drug-likeness (QED) is 0.0534. The molecule has 7 heteroatoms. The van der Waals surface area contributed by atoms with Crippen LogP contribution in [0.2, 0.25) is 0 Å². The lowest BCUT2D eigenvalue weighted by Crippen LogP contribution is -2.33. The van der Waals surface area contributed by atoms with Gasteiger partial charge in [0.25, 0.3) is 11.1 Å². The van der Waals surface area contributed by atoms with Crippen LogP contribution in [0.1, 0.15) is 110 Å². The van der Waals surface area contributed by atoms with Crippen molar-refractivity contribution >= 4 is 101 Å². The fourth-order valence-electron chi connectivity index (χ4n) is 6.54. The molecule has 3 aromatic carbocycles. The zero-order valence-corrected chi connectivity index (χ0v) is 30.8. The third-order valence-corrected chi connectivity index (χ3v) is 12.1. The molecule has 0 bridgehead atoms. The predicted octanol–water partition coefficient (Wildman–Crippen LogP) is 12.9.